The fourth-order valence-corrected chi connectivity index (χ4v) is 5.88. The minimum absolute atomic E-state index is 0.00235. The zero-order valence-electron chi connectivity index (χ0n) is 13.5. The maximum Gasteiger partial charge on any atom is 0.139 e. The second-order valence-corrected chi connectivity index (χ2v) is 8.09. The summed E-state index contributed by atoms with van der Waals surface area (Å²) in [5.41, 5.74) is 4.57. The van der Waals surface area contributed by atoms with Crippen molar-refractivity contribution in [2.45, 2.75) is 58.8 Å². The normalized spacial score (nSPS) is 41.4. The molecule has 0 aromatic heterocycles. The third-order valence-electron chi connectivity index (χ3n) is 6.94. The Hall–Kier alpha value is -1.11. The van der Waals surface area contributed by atoms with Gasteiger partial charge in [0.25, 0.3) is 0 Å². The molecule has 0 amide bonds. The Morgan fingerprint density at radius 1 is 1.24 bits per heavy atom. The van der Waals surface area contributed by atoms with Crippen LogP contribution in [0.5, 0.6) is 0 Å². The van der Waals surface area contributed by atoms with Gasteiger partial charge in [0.15, 0.2) is 0 Å². The van der Waals surface area contributed by atoms with Crippen LogP contribution in [0.2, 0.25) is 0 Å². The van der Waals surface area contributed by atoms with E-state index in [0.717, 1.165) is 31.1 Å². The van der Waals surface area contributed by atoms with E-state index in [0.29, 0.717) is 17.6 Å². The molecule has 3 aliphatic carbocycles. The molecule has 1 heteroatoms. The summed E-state index contributed by atoms with van der Waals surface area (Å²) in [6, 6.07) is 7.06. The average molecular weight is 282 g/mol. The van der Waals surface area contributed by atoms with Crippen molar-refractivity contribution in [1.82, 2.24) is 0 Å². The summed E-state index contributed by atoms with van der Waals surface area (Å²) in [6.07, 6.45) is 5.50. The number of hydrogen-bond donors (Lipinski definition) is 0. The number of fused-ring (bicyclic) bond motifs is 5. The van der Waals surface area contributed by atoms with Crippen molar-refractivity contribution < 1.29 is 4.79 Å². The van der Waals surface area contributed by atoms with E-state index in [2.05, 4.69) is 39.0 Å². The SMILES string of the molecule is Cc1ccc2c(c1)C[C@@H](C)C1C2CC[C@]2(C)C(=O)CCC12. The maximum absolute atomic E-state index is 12.4. The number of aryl methyl sites for hydroxylation is 1. The zero-order chi connectivity index (χ0) is 14.8. The molecule has 1 aromatic rings. The molecule has 0 saturated heterocycles. The highest BCUT2D eigenvalue weighted by molar-refractivity contribution is 5.87. The van der Waals surface area contributed by atoms with Gasteiger partial charge in [-0.2, -0.15) is 0 Å². The number of Topliss-reactive ketones (excluding diaryl/α,β-unsaturated/α-hetero) is 1. The Kier molecular flexibility index (Phi) is 2.87. The van der Waals surface area contributed by atoms with E-state index in [9.17, 15) is 4.79 Å². The molecule has 4 rings (SSSR count). The highest BCUT2D eigenvalue weighted by atomic mass is 16.1. The van der Waals surface area contributed by atoms with E-state index in [1.54, 1.807) is 11.1 Å². The fraction of sp³-hybridized carbons (Fsp3) is 0.650. The maximum atomic E-state index is 12.4. The van der Waals surface area contributed by atoms with Gasteiger partial charge in [-0.15, -0.1) is 0 Å². The van der Waals surface area contributed by atoms with Crippen molar-refractivity contribution in [3.8, 4) is 0 Å². The molecule has 1 aromatic carbocycles. The number of rotatable bonds is 0. The van der Waals surface area contributed by atoms with Crippen molar-refractivity contribution >= 4 is 5.78 Å². The lowest BCUT2D eigenvalue weighted by atomic mass is 9.53. The minimum atomic E-state index is -0.00235. The molecule has 0 radical (unpaired) electrons. The van der Waals surface area contributed by atoms with Crippen LogP contribution in [-0.2, 0) is 11.2 Å². The van der Waals surface area contributed by atoms with Crippen LogP contribution >= 0.6 is 0 Å². The van der Waals surface area contributed by atoms with Gasteiger partial charge in [0.1, 0.15) is 5.78 Å². The Balaban J connectivity index is 1.77. The third kappa shape index (κ3) is 1.79. The molecule has 3 unspecified atom stereocenters. The van der Waals surface area contributed by atoms with Crippen LogP contribution in [0.1, 0.15) is 62.1 Å². The van der Waals surface area contributed by atoms with Gasteiger partial charge in [-0.25, -0.2) is 0 Å². The molecule has 0 spiro atoms. The smallest absolute Gasteiger partial charge is 0.139 e. The second-order valence-electron chi connectivity index (χ2n) is 8.09. The van der Waals surface area contributed by atoms with Gasteiger partial charge < -0.3 is 0 Å². The second kappa shape index (κ2) is 4.44. The molecule has 1 nitrogen and oxygen atoms in total. The molecular weight excluding hydrogens is 256 g/mol. The minimum Gasteiger partial charge on any atom is -0.299 e. The molecule has 0 bridgehead atoms. The lowest BCUT2D eigenvalue weighted by molar-refractivity contribution is -0.129. The molecule has 112 valence electrons. The van der Waals surface area contributed by atoms with Crippen molar-refractivity contribution in [2.24, 2.45) is 23.2 Å². The number of benzene rings is 1. The summed E-state index contributed by atoms with van der Waals surface area (Å²) < 4.78 is 0. The van der Waals surface area contributed by atoms with Gasteiger partial charge in [-0.1, -0.05) is 37.6 Å². The Bertz CT molecular complexity index is 602. The predicted octanol–water partition coefficient (Wildman–Crippen LogP) is 4.67. The molecule has 21 heavy (non-hydrogen) atoms. The number of carbonyl (C=O) groups excluding carboxylic acids is 1. The van der Waals surface area contributed by atoms with E-state index in [1.165, 1.54) is 18.4 Å². The van der Waals surface area contributed by atoms with Crippen LogP contribution in [-0.4, -0.2) is 5.78 Å². The van der Waals surface area contributed by atoms with Gasteiger partial charge in [0, 0.05) is 11.8 Å². The predicted molar refractivity (Wildman–Crippen MR) is 85.4 cm³/mol. The summed E-state index contributed by atoms with van der Waals surface area (Å²) in [4.78, 5) is 12.4. The summed E-state index contributed by atoms with van der Waals surface area (Å²) in [7, 11) is 0. The first-order chi connectivity index (χ1) is 10.0. The van der Waals surface area contributed by atoms with Crippen LogP contribution in [0.15, 0.2) is 18.2 Å². The van der Waals surface area contributed by atoms with E-state index in [1.807, 2.05) is 0 Å². The number of carbonyl (C=O) groups is 1. The van der Waals surface area contributed by atoms with E-state index in [-0.39, 0.29) is 5.41 Å². The molecular formula is C20H26O. The molecule has 0 N–H and O–H groups in total. The first-order valence-corrected chi connectivity index (χ1v) is 8.63. The van der Waals surface area contributed by atoms with Crippen molar-refractivity contribution in [3.63, 3.8) is 0 Å². The monoisotopic (exact) mass is 282 g/mol. The molecule has 2 saturated carbocycles. The van der Waals surface area contributed by atoms with Crippen molar-refractivity contribution in [1.29, 1.82) is 0 Å². The summed E-state index contributed by atoms with van der Waals surface area (Å²) >= 11 is 0. The molecule has 5 atom stereocenters. The lowest BCUT2D eigenvalue weighted by Gasteiger charge is -2.51. The first-order valence-electron chi connectivity index (χ1n) is 8.63. The van der Waals surface area contributed by atoms with Crippen LogP contribution in [0.3, 0.4) is 0 Å². The summed E-state index contributed by atoms with van der Waals surface area (Å²) in [5.74, 6) is 3.33. The quantitative estimate of drug-likeness (QED) is 0.676. The zero-order valence-corrected chi connectivity index (χ0v) is 13.5. The molecule has 0 heterocycles. The third-order valence-corrected chi connectivity index (χ3v) is 6.94. The highest BCUT2D eigenvalue weighted by Gasteiger charge is 2.56. The molecule has 3 aliphatic rings. The first kappa shape index (κ1) is 13.5. The van der Waals surface area contributed by atoms with Crippen LogP contribution in [0.25, 0.3) is 0 Å². The van der Waals surface area contributed by atoms with Gasteiger partial charge >= 0.3 is 0 Å². The lowest BCUT2D eigenvalue weighted by Crippen LogP contribution is -2.45. The van der Waals surface area contributed by atoms with Crippen LogP contribution in [0, 0.1) is 30.1 Å². The summed E-state index contributed by atoms with van der Waals surface area (Å²) in [6.45, 7) is 6.89. The largest absolute Gasteiger partial charge is 0.299 e. The van der Waals surface area contributed by atoms with Crippen molar-refractivity contribution in [2.75, 3.05) is 0 Å². The standard InChI is InChI=1S/C20H26O/c1-12-4-5-15-14(10-12)11-13(2)19-16(15)8-9-20(3)17(19)6-7-18(20)21/h4-5,10,13,16-17,19H,6-9,11H2,1-3H3/t13-,16?,17?,19?,20+/m1/s1. The van der Waals surface area contributed by atoms with Gasteiger partial charge in [0.05, 0.1) is 0 Å². The Morgan fingerprint density at radius 3 is 2.86 bits per heavy atom. The van der Waals surface area contributed by atoms with Gasteiger partial charge in [-0.05, 0) is 67.4 Å². The van der Waals surface area contributed by atoms with Crippen LogP contribution in [0.4, 0.5) is 0 Å². The fourth-order valence-electron chi connectivity index (χ4n) is 5.88. The number of hydrogen-bond acceptors (Lipinski definition) is 1. The summed E-state index contributed by atoms with van der Waals surface area (Å²) in [5, 5.41) is 0. The number of ketones is 1. The van der Waals surface area contributed by atoms with Gasteiger partial charge in [-0.3, -0.25) is 4.79 Å². The van der Waals surface area contributed by atoms with E-state index >= 15 is 0 Å². The highest BCUT2D eigenvalue weighted by Crippen LogP contribution is 2.60. The van der Waals surface area contributed by atoms with Gasteiger partial charge in [0.2, 0.25) is 0 Å². The van der Waals surface area contributed by atoms with E-state index in [4.69, 9.17) is 0 Å². The van der Waals surface area contributed by atoms with Crippen molar-refractivity contribution in [3.05, 3.63) is 34.9 Å². The van der Waals surface area contributed by atoms with E-state index < -0.39 is 0 Å². The average Bonchev–Trinajstić information content (AvgIpc) is 2.74. The molecule has 0 aliphatic heterocycles. The Labute approximate surface area is 128 Å². The topological polar surface area (TPSA) is 17.1 Å². The van der Waals surface area contributed by atoms with Crippen LogP contribution < -0.4 is 0 Å². The molecule has 2 fully saturated rings. The Morgan fingerprint density at radius 2 is 2.05 bits per heavy atom.